The number of alkyl halides is 2. The van der Waals surface area contributed by atoms with Crippen molar-refractivity contribution in [3.8, 4) is 5.88 Å². The molecule has 0 aliphatic carbocycles. The Morgan fingerprint density at radius 3 is 2.20 bits per heavy atom. The highest BCUT2D eigenvalue weighted by Gasteiger charge is 2.53. The van der Waals surface area contributed by atoms with Crippen LogP contribution in [0.15, 0.2) is 24.3 Å². The van der Waals surface area contributed by atoms with Gasteiger partial charge in [-0.2, -0.15) is 13.8 Å². The number of fused-ring (bicyclic) bond motifs is 1. The van der Waals surface area contributed by atoms with E-state index in [1.807, 2.05) is 6.07 Å². The molecule has 2 saturated heterocycles. The van der Waals surface area contributed by atoms with E-state index in [-0.39, 0.29) is 11.7 Å². The van der Waals surface area contributed by atoms with Gasteiger partial charge < -0.3 is 19.7 Å². The Hall–Kier alpha value is -3.22. The van der Waals surface area contributed by atoms with Gasteiger partial charge in [0.2, 0.25) is 5.88 Å². The highest BCUT2D eigenvalue weighted by molar-refractivity contribution is 5.90. The lowest BCUT2D eigenvalue weighted by Gasteiger charge is -2.46. The fourth-order valence-corrected chi connectivity index (χ4v) is 6.29. The van der Waals surface area contributed by atoms with Gasteiger partial charge in [0.15, 0.2) is 5.65 Å². The molecule has 9 nitrogen and oxygen atoms in total. The van der Waals surface area contributed by atoms with E-state index in [0.29, 0.717) is 53.7 Å². The molecule has 2 aliphatic heterocycles. The highest BCUT2D eigenvalue weighted by Crippen LogP contribution is 2.45. The zero-order valence-corrected chi connectivity index (χ0v) is 28.5. The normalized spacial score (nSPS) is 18.0. The van der Waals surface area contributed by atoms with Crippen molar-refractivity contribution < 1.29 is 22.6 Å². The van der Waals surface area contributed by atoms with Crippen molar-refractivity contribution in [2.45, 2.75) is 91.1 Å². The van der Waals surface area contributed by atoms with Crippen LogP contribution < -0.4 is 15.0 Å². The Bertz CT molecular complexity index is 1540. The summed E-state index contributed by atoms with van der Waals surface area (Å²) in [5.41, 5.74) is -1.27. The van der Waals surface area contributed by atoms with Crippen LogP contribution in [-0.2, 0) is 10.7 Å². The number of aryl methyl sites for hydroxylation is 1. The van der Waals surface area contributed by atoms with Crippen molar-refractivity contribution >= 4 is 22.5 Å². The number of aromatic nitrogens is 3. The first-order valence-electron chi connectivity index (χ1n) is 16.2. The lowest BCUT2D eigenvalue weighted by atomic mass is 9.90. The summed E-state index contributed by atoms with van der Waals surface area (Å²) in [6.45, 7) is 19.2. The van der Waals surface area contributed by atoms with Gasteiger partial charge in [-0.1, -0.05) is 12.1 Å². The molecule has 0 radical (unpaired) electrons. The van der Waals surface area contributed by atoms with Gasteiger partial charge in [-0.15, -0.1) is 0 Å². The van der Waals surface area contributed by atoms with Gasteiger partial charge in [-0.25, -0.2) is 14.4 Å². The quantitative estimate of drug-likeness (QED) is 0.264. The van der Waals surface area contributed by atoms with Crippen LogP contribution in [0.4, 0.5) is 24.7 Å². The molecular formula is C34H48F3N7O2. The molecular weight excluding hydrogens is 595 g/mol. The molecule has 1 atom stereocenters. The van der Waals surface area contributed by atoms with Crippen LogP contribution in [0, 0.1) is 12.7 Å². The number of methoxy groups -OCH3 is 1. The maximum atomic E-state index is 16.1. The first kappa shape index (κ1) is 34.1. The topological polar surface area (TPSA) is 78.9 Å². The van der Waals surface area contributed by atoms with E-state index in [2.05, 4.69) is 57.7 Å². The molecule has 0 amide bonds. The number of piperazine rings is 1. The van der Waals surface area contributed by atoms with Gasteiger partial charge in [-0.3, -0.25) is 9.80 Å². The summed E-state index contributed by atoms with van der Waals surface area (Å²) < 4.78 is 59.7. The number of rotatable bonds is 11. The number of hydrogen-bond donors (Lipinski definition) is 1. The van der Waals surface area contributed by atoms with E-state index in [0.717, 1.165) is 37.9 Å². The molecule has 0 spiro atoms. The molecule has 2 aliphatic rings. The van der Waals surface area contributed by atoms with Gasteiger partial charge in [0.25, 0.3) is 0 Å². The summed E-state index contributed by atoms with van der Waals surface area (Å²) >= 11 is 0. The fraction of sp³-hybridized carbons (Fsp3) is 0.618. The predicted octanol–water partition coefficient (Wildman–Crippen LogP) is 6.16. The second-order valence-electron chi connectivity index (χ2n) is 13.6. The average Bonchev–Trinajstić information content (AvgIpc) is 2.97. The summed E-state index contributed by atoms with van der Waals surface area (Å²) in [5.74, 6) is -3.20. The number of pyridine rings is 1. The van der Waals surface area contributed by atoms with Crippen LogP contribution in [0.2, 0.25) is 0 Å². The second kappa shape index (κ2) is 13.1. The third-order valence-corrected chi connectivity index (χ3v) is 9.33. The van der Waals surface area contributed by atoms with Crippen molar-refractivity contribution in [1.29, 1.82) is 0 Å². The Kier molecular flexibility index (Phi) is 9.73. The van der Waals surface area contributed by atoms with Crippen LogP contribution in [0.1, 0.15) is 71.5 Å². The number of nitrogens with one attached hydrogen (secondary N) is 1. The maximum absolute atomic E-state index is 16.1. The number of benzene rings is 1. The van der Waals surface area contributed by atoms with Crippen molar-refractivity contribution in [3.05, 3.63) is 47.0 Å². The van der Waals surface area contributed by atoms with Gasteiger partial charge in [0, 0.05) is 56.9 Å². The Labute approximate surface area is 270 Å². The van der Waals surface area contributed by atoms with Crippen molar-refractivity contribution in [3.63, 3.8) is 0 Å². The number of likely N-dealkylation sites (tertiary alicyclic amines) is 1. The Morgan fingerprint density at radius 1 is 0.935 bits per heavy atom. The zero-order chi connectivity index (χ0) is 33.6. The van der Waals surface area contributed by atoms with Crippen molar-refractivity contribution in [1.82, 2.24) is 24.8 Å². The first-order valence-corrected chi connectivity index (χ1v) is 16.2. The molecule has 46 heavy (non-hydrogen) atoms. The van der Waals surface area contributed by atoms with Crippen LogP contribution in [0.25, 0.3) is 11.0 Å². The zero-order valence-electron chi connectivity index (χ0n) is 28.5. The maximum Gasteiger partial charge on any atom is 0.303 e. The minimum Gasteiger partial charge on any atom is -0.479 e. The molecule has 12 heteroatoms. The highest BCUT2D eigenvalue weighted by atomic mass is 19.3. The Balaban J connectivity index is 1.42. The third kappa shape index (κ3) is 6.61. The van der Waals surface area contributed by atoms with Gasteiger partial charge >= 0.3 is 5.92 Å². The summed E-state index contributed by atoms with van der Waals surface area (Å²) in [6, 6.07) is 6.14. The molecule has 1 N–H and O–H groups in total. The molecule has 3 aromatic rings. The first-order chi connectivity index (χ1) is 21.6. The van der Waals surface area contributed by atoms with Crippen LogP contribution in [0.3, 0.4) is 0 Å². The molecule has 4 heterocycles. The SMILES string of the molecule is COc1nc2nc(C)nc(N[C@H](C)c3cccc(C(F)(F)C(C)(C)OC4CN(C(C)C)C4)c3F)c2cc1N1CCN(C(C)C)CC1. The third-order valence-electron chi connectivity index (χ3n) is 9.33. The fourth-order valence-electron chi connectivity index (χ4n) is 6.29. The predicted molar refractivity (Wildman–Crippen MR) is 176 cm³/mol. The molecule has 0 bridgehead atoms. The number of nitrogens with zero attached hydrogens (tertiary/aromatic N) is 6. The second-order valence-corrected chi connectivity index (χ2v) is 13.6. The summed E-state index contributed by atoms with van der Waals surface area (Å²) in [6.07, 6.45) is -0.333. The van der Waals surface area contributed by atoms with Crippen molar-refractivity contribution in [2.75, 3.05) is 56.6 Å². The van der Waals surface area contributed by atoms with E-state index in [1.54, 1.807) is 21.0 Å². The lowest BCUT2D eigenvalue weighted by Crippen LogP contribution is -2.59. The number of ether oxygens (including phenoxy) is 2. The summed E-state index contributed by atoms with van der Waals surface area (Å²) in [7, 11) is 1.59. The monoisotopic (exact) mass is 643 g/mol. The van der Waals surface area contributed by atoms with E-state index in [4.69, 9.17) is 14.5 Å². The van der Waals surface area contributed by atoms with Crippen molar-refractivity contribution in [2.24, 2.45) is 0 Å². The van der Waals surface area contributed by atoms with Crippen LogP contribution in [0.5, 0.6) is 5.88 Å². The largest absolute Gasteiger partial charge is 0.479 e. The molecule has 2 aromatic heterocycles. The van der Waals surface area contributed by atoms with Gasteiger partial charge in [0.05, 0.1) is 30.2 Å². The Morgan fingerprint density at radius 2 is 1.59 bits per heavy atom. The smallest absolute Gasteiger partial charge is 0.303 e. The van der Waals surface area contributed by atoms with Crippen LogP contribution in [-0.4, -0.2) is 94.9 Å². The average molecular weight is 644 g/mol. The molecule has 0 saturated carbocycles. The van der Waals surface area contributed by atoms with Gasteiger partial charge in [0.1, 0.15) is 28.7 Å². The summed E-state index contributed by atoms with van der Waals surface area (Å²) in [5, 5.41) is 3.91. The standard InChI is InChI=1S/C34H48F3N7O2/c1-20(2)42-13-15-43(16-14-42)28-17-26-30(39-23(6)40-31(26)41-32(28)45-9)38-22(5)25-11-10-12-27(29(25)35)34(36,37)33(7,8)46-24-18-44(19-24)21(3)4/h10-12,17,20-22,24H,13-16,18-19H2,1-9H3,(H,38,39,40,41)/t22-/m1/s1. The minimum atomic E-state index is -3.59. The molecule has 252 valence electrons. The number of halogens is 3. The minimum absolute atomic E-state index is 0.0959. The van der Waals surface area contributed by atoms with E-state index >= 15 is 13.2 Å². The number of anilines is 2. The van der Waals surface area contributed by atoms with E-state index < -0.39 is 28.9 Å². The number of hydrogen-bond acceptors (Lipinski definition) is 9. The molecule has 0 unspecified atom stereocenters. The summed E-state index contributed by atoms with van der Waals surface area (Å²) in [4.78, 5) is 20.7. The van der Waals surface area contributed by atoms with Gasteiger partial charge in [-0.05, 0) is 67.5 Å². The molecule has 1 aromatic carbocycles. The lowest BCUT2D eigenvalue weighted by molar-refractivity contribution is -0.241. The van der Waals surface area contributed by atoms with Crippen LogP contribution >= 0.6 is 0 Å². The molecule has 2 fully saturated rings. The van der Waals surface area contributed by atoms with E-state index in [9.17, 15) is 0 Å². The molecule has 5 rings (SSSR count). The van der Waals surface area contributed by atoms with E-state index in [1.165, 1.54) is 26.0 Å².